The predicted molar refractivity (Wildman–Crippen MR) is 88.6 cm³/mol. The Morgan fingerprint density at radius 3 is 2.25 bits per heavy atom. The minimum absolute atomic E-state index is 0.609. The number of unbranched alkanes of at least 4 members (excludes halogenated alkanes) is 5. The first-order chi connectivity index (χ1) is 9.74. The molecule has 0 bridgehead atoms. The number of hydrogen-bond donors (Lipinski definition) is 0. The highest BCUT2D eigenvalue weighted by atomic mass is 14.2. The molecule has 0 aromatic heterocycles. The molecule has 20 heavy (non-hydrogen) atoms. The highest BCUT2D eigenvalue weighted by Gasteiger charge is 2.21. The van der Waals surface area contributed by atoms with Crippen LogP contribution in [-0.4, -0.2) is 0 Å². The maximum absolute atomic E-state index is 5.67. The van der Waals surface area contributed by atoms with E-state index in [-0.39, 0.29) is 0 Å². The molecule has 106 valence electrons. The lowest BCUT2D eigenvalue weighted by molar-refractivity contribution is 0.539. The summed E-state index contributed by atoms with van der Waals surface area (Å²) in [5, 5.41) is 0. The van der Waals surface area contributed by atoms with E-state index in [0.717, 1.165) is 25.7 Å². The molecule has 0 nitrogen and oxygen atoms in total. The van der Waals surface area contributed by atoms with Gasteiger partial charge in [0.2, 0.25) is 0 Å². The van der Waals surface area contributed by atoms with Crippen molar-refractivity contribution in [2.45, 2.75) is 72.1 Å². The van der Waals surface area contributed by atoms with E-state index in [4.69, 9.17) is 6.42 Å². The smallest absolute Gasteiger partial charge is 0.117 e. The summed E-state index contributed by atoms with van der Waals surface area (Å²) in [6.45, 7) is 6.13. The normalized spacial score (nSPS) is 11.5. The van der Waals surface area contributed by atoms with Gasteiger partial charge in [0.25, 0.3) is 0 Å². The molecular formula is C20H26. The van der Waals surface area contributed by atoms with Crippen LogP contribution in [0.1, 0.15) is 72.1 Å². The van der Waals surface area contributed by atoms with Crippen LogP contribution in [0.2, 0.25) is 0 Å². The summed E-state index contributed by atoms with van der Waals surface area (Å²) in [5.74, 6) is 20.7. The molecule has 0 N–H and O–H groups in total. The van der Waals surface area contributed by atoms with Crippen LogP contribution in [0.15, 0.2) is 0 Å². The molecule has 1 unspecified atom stereocenters. The molecule has 0 saturated carbocycles. The van der Waals surface area contributed by atoms with Gasteiger partial charge in [0, 0.05) is 6.42 Å². The van der Waals surface area contributed by atoms with Crippen molar-refractivity contribution in [3.05, 3.63) is 0 Å². The van der Waals surface area contributed by atoms with Gasteiger partial charge >= 0.3 is 0 Å². The lowest BCUT2D eigenvalue weighted by atomic mass is 9.84. The van der Waals surface area contributed by atoms with E-state index in [2.05, 4.69) is 55.3 Å². The van der Waals surface area contributed by atoms with E-state index in [1.165, 1.54) is 25.7 Å². The number of hydrogen-bond acceptors (Lipinski definition) is 0. The van der Waals surface area contributed by atoms with E-state index in [1.54, 1.807) is 0 Å². The molecule has 0 aromatic rings. The van der Waals surface area contributed by atoms with Gasteiger partial charge in [-0.15, -0.1) is 12.3 Å². The maximum atomic E-state index is 5.67. The Labute approximate surface area is 126 Å². The van der Waals surface area contributed by atoms with Crippen LogP contribution in [0.5, 0.6) is 0 Å². The van der Waals surface area contributed by atoms with Gasteiger partial charge in [-0.2, -0.15) is 0 Å². The molecule has 0 heterocycles. The Morgan fingerprint density at radius 2 is 1.65 bits per heavy atom. The summed E-state index contributed by atoms with van der Waals surface area (Å²) >= 11 is 0. The summed E-state index contributed by atoms with van der Waals surface area (Å²) in [6, 6.07) is 0. The number of rotatable bonds is 7. The van der Waals surface area contributed by atoms with Crippen molar-refractivity contribution >= 4 is 0 Å². The molecule has 0 rings (SSSR count). The van der Waals surface area contributed by atoms with Gasteiger partial charge in [0.05, 0.1) is 0 Å². The molecule has 0 aliphatic rings. The Kier molecular flexibility index (Phi) is 11.2. The molecule has 0 heteroatoms. The minimum atomic E-state index is -0.609. The highest BCUT2D eigenvalue weighted by molar-refractivity contribution is 5.41. The number of terminal acetylenes is 1. The molecule has 0 fully saturated rings. The summed E-state index contributed by atoms with van der Waals surface area (Å²) in [5.41, 5.74) is -0.609. The Morgan fingerprint density at radius 1 is 0.900 bits per heavy atom. The lowest BCUT2D eigenvalue weighted by Gasteiger charge is -2.15. The van der Waals surface area contributed by atoms with Crippen molar-refractivity contribution in [3.63, 3.8) is 0 Å². The van der Waals surface area contributed by atoms with Crippen LogP contribution in [-0.2, 0) is 0 Å². The zero-order chi connectivity index (χ0) is 15.1. The second-order valence-electron chi connectivity index (χ2n) is 4.89. The third kappa shape index (κ3) is 8.36. The van der Waals surface area contributed by atoms with Gasteiger partial charge < -0.3 is 0 Å². The third-order valence-corrected chi connectivity index (χ3v) is 3.04. The zero-order valence-corrected chi connectivity index (χ0v) is 13.2. The van der Waals surface area contributed by atoms with Gasteiger partial charge in [0.15, 0.2) is 5.41 Å². The van der Waals surface area contributed by atoms with Crippen molar-refractivity contribution in [2.24, 2.45) is 5.41 Å². The van der Waals surface area contributed by atoms with Gasteiger partial charge in [-0.05, 0) is 38.0 Å². The second-order valence-corrected chi connectivity index (χ2v) is 4.89. The molecule has 0 saturated heterocycles. The molecule has 0 aliphatic heterocycles. The molecule has 0 aliphatic carbocycles. The monoisotopic (exact) mass is 266 g/mol. The third-order valence-electron chi connectivity index (χ3n) is 3.04. The fourth-order valence-corrected chi connectivity index (χ4v) is 1.88. The van der Waals surface area contributed by atoms with Crippen LogP contribution in [0.3, 0.4) is 0 Å². The van der Waals surface area contributed by atoms with Crippen LogP contribution >= 0.6 is 0 Å². The summed E-state index contributed by atoms with van der Waals surface area (Å²) < 4.78 is 0. The van der Waals surface area contributed by atoms with Gasteiger partial charge in [-0.25, -0.2) is 0 Å². The largest absolute Gasteiger partial charge is 0.152 e. The van der Waals surface area contributed by atoms with Crippen LogP contribution in [0, 0.1) is 53.3 Å². The topological polar surface area (TPSA) is 0 Å². The quantitative estimate of drug-likeness (QED) is 0.459. The van der Waals surface area contributed by atoms with Crippen molar-refractivity contribution in [2.75, 3.05) is 0 Å². The summed E-state index contributed by atoms with van der Waals surface area (Å²) in [4.78, 5) is 0. The SMILES string of the molecule is C#CC(C#CC)(C#CC#CCCC)CCCCCCC. The van der Waals surface area contributed by atoms with E-state index in [1.807, 2.05) is 6.92 Å². The summed E-state index contributed by atoms with van der Waals surface area (Å²) in [7, 11) is 0. The van der Waals surface area contributed by atoms with Crippen LogP contribution in [0.25, 0.3) is 0 Å². The van der Waals surface area contributed by atoms with E-state index in [9.17, 15) is 0 Å². The van der Waals surface area contributed by atoms with Crippen molar-refractivity contribution in [3.8, 4) is 47.9 Å². The predicted octanol–water partition coefficient (Wildman–Crippen LogP) is 4.80. The lowest BCUT2D eigenvalue weighted by Crippen LogP contribution is -2.13. The first kappa shape index (κ1) is 18.2. The van der Waals surface area contributed by atoms with Gasteiger partial charge in [0.1, 0.15) is 0 Å². The highest BCUT2D eigenvalue weighted by Crippen LogP contribution is 2.23. The summed E-state index contributed by atoms with van der Waals surface area (Å²) in [6.07, 6.45) is 14.5. The maximum Gasteiger partial charge on any atom is 0.152 e. The Balaban J connectivity index is 4.63. The Bertz CT molecular complexity index is 470. The first-order valence-corrected chi connectivity index (χ1v) is 7.66. The molecule has 0 aromatic carbocycles. The van der Waals surface area contributed by atoms with Crippen LogP contribution < -0.4 is 0 Å². The van der Waals surface area contributed by atoms with Crippen molar-refractivity contribution in [1.82, 2.24) is 0 Å². The standard InChI is InChI=1S/C20H26/c1-5-9-11-13-15-18-20(8-4,17-7-3)19-16-14-12-10-6-2/h4H,5-6,9-11,13,15,18H2,1-3H3. The van der Waals surface area contributed by atoms with Crippen LogP contribution in [0.4, 0.5) is 0 Å². The van der Waals surface area contributed by atoms with Gasteiger partial charge in [-0.1, -0.05) is 63.2 Å². The molecule has 0 spiro atoms. The molecular weight excluding hydrogens is 240 g/mol. The average Bonchev–Trinajstić information content (AvgIpc) is 2.46. The molecule has 1 atom stereocenters. The molecule has 0 amide bonds. The fraction of sp³-hybridized carbons (Fsp3) is 0.600. The zero-order valence-electron chi connectivity index (χ0n) is 13.2. The van der Waals surface area contributed by atoms with Crippen molar-refractivity contribution < 1.29 is 0 Å². The van der Waals surface area contributed by atoms with E-state index >= 15 is 0 Å². The minimum Gasteiger partial charge on any atom is -0.117 e. The van der Waals surface area contributed by atoms with Gasteiger partial charge in [-0.3, -0.25) is 0 Å². The van der Waals surface area contributed by atoms with Crippen molar-refractivity contribution in [1.29, 1.82) is 0 Å². The average molecular weight is 266 g/mol. The van der Waals surface area contributed by atoms with E-state index < -0.39 is 5.41 Å². The first-order valence-electron chi connectivity index (χ1n) is 7.66. The Hall–Kier alpha value is -1.76. The van der Waals surface area contributed by atoms with E-state index in [0.29, 0.717) is 0 Å². The fourth-order valence-electron chi connectivity index (χ4n) is 1.88. The molecule has 0 radical (unpaired) electrons. The second kappa shape index (κ2) is 12.3.